The van der Waals surface area contributed by atoms with Crippen LogP contribution in [0.25, 0.3) is 0 Å². The second kappa shape index (κ2) is 15.2. The summed E-state index contributed by atoms with van der Waals surface area (Å²) in [5.74, 6) is 2.00. The number of hydrogen-bond donors (Lipinski definition) is 2. The van der Waals surface area contributed by atoms with E-state index in [1.807, 2.05) is 11.8 Å². The predicted molar refractivity (Wildman–Crippen MR) is 103 cm³/mol. The van der Waals surface area contributed by atoms with Crippen molar-refractivity contribution in [3.8, 4) is 0 Å². The lowest BCUT2D eigenvalue weighted by molar-refractivity contribution is 0.154. The molecule has 9 heteroatoms. The van der Waals surface area contributed by atoms with Crippen LogP contribution in [0.15, 0.2) is 4.99 Å². The van der Waals surface area contributed by atoms with Crippen LogP contribution >= 0.6 is 35.7 Å². The molecule has 0 fully saturated rings. The van der Waals surface area contributed by atoms with Crippen LogP contribution in [0.4, 0.5) is 0 Å². The first kappa shape index (κ1) is 23.5. The Balaban J connectivity index is 0. The first-order valence-corrected chi connectivity index (χ1v) is 10.1. The normalized spacial score (nSPS) is 11.9. The number of sulfone groups is 1. The first-order valence-electron chi connectivity index (χ1n) is 6.68. The molecule has 0 atom stereocenters. The zero-order valence-corrected chi connectivity index (χ0v) is 17.0. The second-order valence-corrected chi connectivity index (χ2v) is 7.61. The smallest absolute Gasteiger partial charge is 0.191 e. The first-order chi connectivity index (χ1) is 9.49. The molecule has 0 aliphatic rings. The van der Waals surface area contributed by atoms with Gasteiger partial charge in [-0.2, -0.15) is 11.8 Å². The standard InChI is InChI=1S/C12H27N3O3S2.HI/c1-13-12(14-6-4-5-10-19-2)15-7-8-18-9-11-20(3,16)17;/h4-11H2,1-3H3,(H2,13,14,15);1H. The number of aliphatic imine (C=N–C) groups is 1. The van der Waals surface area contributed by atoms with E-state index in [1.165, 1.54) is 18.4 Å². The number of unbranched alkanes of at least 4 members (excludes halogenated alkanes) is 1. The third-order valence-corrected chi connectivity index (χ3v) is 4.03. The van der Waals surface area contributed by atoms with Crippen molar-refractivity contribution in [1.82, 2.24) is 10.6 Å². The molecule has 6 nitrogen and oxygen atoms in total. The van der Waals surface area contributed by atoms with Crippen molar-refractivity contribution in [3.63, 3.8) is 0 Å². The average molecular weight is 453 g/mol. The molecule has 0 aromatic rings. The summed E-state index contributed by atoms with van der Waals surface area (Å²) in [4.78, 5) is 4.10. The van der Waals surface area contributed by atoms with Crippen molar-refractivity contribution in [2.24, 2.45) is 4.99 Å². The molecule has 0 aromatic carbocycles. The topological polar surface area (TPSA) is 79.8 Å². The Morgan fingerprint density at radius 3 is 2.43 bits per heavy atom. The molecular weight excluding hydrogens is 425 g/mol. The highest BCUT2D eigenvalue weighted by atomic mass is 127. The average Bonchev–Trinajstić information content (AvgIpc) is 2.38. The van der Waals surface area contributed by atoms with E-state index in [-0.39, 0.29) is 36.3 Å². The van der Waals surface area contributed by atoms with Crippen molar-refractivity contribution in [2.75, 3.05) is 57.4 Å². The molecule has 21 heavy (non-hydrogen) atoms. The molecule has 0 saturated carbocycles. The Morgan fingerprint density at radius 2 is 1.86 bits per heavy atom. The van der Waals surface area contributed by atoms with E-state index in [9.17, 15) is 8.42 Å². The van der Waals surface area contributed by atoms with Crippen LogP contribution in [0, 0.1) is 0 Å². The third-order valence-electron chi connectivity index (χ3n) is 2.43. The molecule has 0 saturated heterocycles. The third kappa shape index (κ3) is 18.2. The van der Waals surface area contributed by atoms with Crippen LogP contribution in [0.5, 0.6) is 0 Å². The fourth-order valence-corrected chi connectivity index (χ4v) is 2.27. The number of ether oxygens (including phenoxy) is 1. The van der Waals surface area contributed by atoms with Gasteiger partial charge in [-0.1, -0.05) is 0 Å². The Kier molecular flexibility index (Phi) is 17.0. The minimum Gasteiger partial charge on any atom is -0.379 e. The highest BCUT2D eigenvalue weighted by molar-refractivity contribution is 14.0. The summed E-state index contributed by atoms with van der Waals surface area (Å²) in [5, 5.41) is 6.34. The summed E-state index contributed by atoms with van der Waals surface area (Å²) in [6, 6.07) is 0. The summed E-state index contributed by atoms with van der Waals surface area (Å²) in [5.41, 5.74) is 0. The van der Waals surface area contributed by atoms with Crippen molar-refractivity contribution < 1.29 is 13.2 Å². The minimum absolute atomic E-state index is 0. The molecule has 0 bridgehead atoms. The van der Waals surface area contributed by atoms with E-state index in [1.54, 1.807) is 7.05 Å². The van der Waals surface area contributed by atoms with E-state index < -0.39 is 9.84 Å². The van der Waals surface area contributed by atoms with E-state index in [0.29, 0.717) is 13.2 Å². The van der Waals surface area contributed by atoms with Gasteiger partial charge in [0.2, 0.25) is 0 Å². The molecule has 0 heterocycles. The maximum atomic E-state index is 10.9. The van der Waals surface area contributed by atoms with E-state index in [4.69, 9.17) is 4.74 Å². The molecule has 128 valence electrons. The number of nitrogens with zero attached hydrogens (tertiary/aromatic N) is 1. The number of nitrogens with one attached hydrogen (secondary N) is 2. The molecule has 2 N–H and O–H groups in total. The predicted octanol–water partition coefficient (Wildman–Crippen LogP) is 0.974. The summed E-state index contributed by atoms with van der Waals surface area (Å²) >= 11 is 1.86. The highest BCUT2D eigenvalue weighted by Crippen LogP contribution is 1.97. The highest BCUT2D eigenvalue weighted by Gasteiger charge is 2.01. The zero-order valence-electron chi connectivity index (χ0n) is 13.1. The molecule has 0 unspecified atom stereocenters. The molecule has 0 aromatic heterocycles. The molecule has 0 rings (SSSR count). The number of halogens is 1. The van der Waals surface area contributed by atoms with Gasteiger partial charge in [0.25, 0.3) is 0 Å². The molecular formula is C12H28IN3O3S2. The molecule has 0 radical (unpaired) electrons. The van der Waals surface area contributed by atoms with Gasteiger partial charge in [0.05, 0.1) is 19.0 Å². The molecule has 0 spiro atoms. The van der Waals surface area contributed by atoms with Gasteiger partial charge in [-0.25, -0.2) is 8.42 Å². The van der Waals surface area contributed by atoms with Crippen molar-refractivity contribution in [2.45, 2.75) is 12.8 Å². The molecule has 0 aliphatic carbocycles. The van der Waals surface area contributed by atoms with Gasteiger partial charge in [0.15, 0.2) is 5.96 Å². The minimum atomic E-state index is -2.94. The summed E-state index contributed by atoms with van der Waals surface area (Å²) in [7, 11) is -1.21. The van der Waals surface area contributed by atoms with Crippen LogP contribution < -0.4 is 10.6 Å². The van der Waals surface area contributed by atoms with Gasteiger partial charge < -0.3 is 15.4 Å². The quantitative estimate of drug-likeness (QED) is 0.210. The largest absolute Gasteiger partial charge is 0.379 e. The van der Waals surface area contributed by atoms with Crippen LogP contribution in [0.2, 0.25) is 0 Å². The maximum absolute atomic E-state index is 10.9. The van der Waals surface area contributed by atoms with Crippen LogP contribution in [0.1, 0.15) is 12.8 Å². The van der Waals surface area contributed by atoms with Crippen LogP contribution in [-0.2, 0) is 14.6 Å². The summed E-state index contributed by atoms with van der Waals surface area (Å²) in [6.07, 6.45) is 5.63. The number of guanidine groups is 1. The number of rotatable bonds is 11. The fourth-order valence-electron chi connectivity index (χ4n) is 1.35. The Labute approximate surface area is 150 Å². The Morgan fingerprint density at radius 1 is 1.19 bits per heavy atom. The monoisotopic (exact) mass is 453 g/mol. The van der Waals surface area contributed by atoms with Crippen molar-refractivity contribution >= 4 is 51.5 Å². The van der Waals surface area contributed by atoms with Gasteiger partial charge >= 0.3 is 0 Å². The van der Waals surface area contributed by atoms with E-state index in [0.717, 1.165) is 18.9 Å². The van der Waals surface area contributed by atoms with E-state index >= 15 is 0 Å². The fraction of sp³-hybridized carbons (Fsp3) is 0.917. The lowest BCUT2D eigenvalue weighted by atomic mass is 10.3. The lowest BCUT2D eigenvalue weighted by Crippen LogP contribution is -2.39. The lowest BCUT2D eigenvalue weighted by Gasteiger charge is -2.11. The van der Waals surface area contributed by atoms with Gasteiger partial charge in [0.1, 0.15) is 9.84 Å². The van der Waals surface area contributed by atoms with Crippen molar-refractivity contribution in [3.05, 3.63) is 0 Å². The second-order valence-electron chi connectivity index (χ2n) is 4.37. The van der Waals surface area contributed by atoms with Crippen molar-refractivity contribution in [1.29, 1.82) is 0 Å². The van der Waals surface area contributed by atoms with Crippen LogP contribution in [0.3, 0.4) is 0 Å². The van der Waals surface area contributed by atoms with E-state index in [2.05, 4.69) is 21.9 Å². The molecule has 0 amide bonds. The number of hydrogen-bond acceptors (Lipinski definition) is 5. The Bertz CT molecular complexity index is 365. The van der Waals surface area contributed by atoms with Crippen LogP contribution in [-0.4, -0.2) is 71.7 Å². The van der Waals surface area contributed by atoms with Gasteiger partial charge in [-0.3, -0.25) is 4.99 Å². The van der Waals surface area contributed by atoms with Gasteiger partial charge in [-0.05, 0) is 24.9 Å². The zero-order chi connectivity index (χ0) is 15.3. The number of thioether (sulfide) groups is 1. The molecule has 0 aliphatic heterocycles. The van der Waals surface area contributed by atoms with Gasteiger partial charge in [0, 0.05) is 26.4 Å². The van der Waals surface area contributed by atoms with Gasteiger partial charge in [-0.15, -0.1) is 24.0 Å². The summed E-state index contributed by atoms with van der Waals surface area (Å²) < 4.78 is 27.0. The summed E-state index contributed by atoms with van der Waals surface area (Å²) in [6.45, 7) is 2.20. The maximum Gasteiger partial charge on any atom is 0.191 e. The Hall–Kier alpha value is 0.260. The SMILES string of the molecule is CN=C(NCCCCSC)NCCOCCS(C)(=O)=O.I.